The van der Waals surface area contributed by atoms with E-state index in [0.717, 1.165) is 25.9 Å². The summed E-state index contributed by atoms with van der Waals surface area (Å²) in [6, 6.07) is 8.88. The molecule has 2 aliphatic rings. The summed E-state index contributed by atoms with van der Waals surface area (Å²) in [5, 5.41) is 0. The summed E-state index contributed by atoms with van der Waals surface area (Å²) in [5.74, 6) is 1.30. The normalized spacial score (nSPS) is 31.6. The van der Waals surface area contributed by atoms with Crippen LogP contribution in [-0.4, -0.2) is 18.9 Å². The Morgan fingerprint density at radius 3 is 2.17 bits per heavy atom. The van der Waals surface area contributed by atoms with Crippen molar-refractivity contribution in [3.8, 4) is 0 Å². The Bertz CT molecular complexity index is 584. The second kappa shape index (κ2) is 5.65. The molecule has 0 spiro atoms. The highest BCUT2D eigenvalue weighted by molar-refractivity contribution is 5.91. The van der Waals surface area contributed by atoms with E-state index < -0.39 is 0 Å². The van der Waals surface area contributed by atoms with Crippen LogP contribution in [0.25, 0.3) is 0 Å². The average Bonchev–Trinajstić information content (AvgIpc) is 2.84. The highest BCUT2D eigenvalue weighted by Gasteiger charge is 2.65. The van der Waals surface area contributed by atoms with Gasteiger partial charge in [0, 0.05) is 30.1 Å². The summed E-state index contributed by atoms with van der Waals surface area (Å²) in [6.07, 6.45) is 3.22. The predicted molar refractivity (Wildman–Crippen MR) is 96.8 cm³/mol. The van der Waals surface area contributed by atoms with Crippen molar-refractivity contribution in [2.45, 2.75) is 53.9 Å². The fraction of sp³-hybridized carbons (Fsp3) is 0.667. The Hall–Kier alpha value is -1.31. The summed E-state index contributed by atoms with van der Waals surface area (Å²) in [4.78, 5) is 15.3. The number of hydrogen-bond acceptors (Lipinski definition) is 2. The van der Waals surface area contributed by atoms with Crippen LogP contribution in [0.3, 0.4) is 0 Å². The van der Waals surface area contributed by atoms with Gasteiger partial charge in [0.2, 0.25) is 0 Å². The number of anilines is 1. The molecule has 3 atom stereocenters. The molecule has 2 fully saturated rings. The molecule has 0 aromatic heterocycles. The molecule has 0 N–H and O–H groups in total. The largest absolute Gasteiger partial charge is 0.372 e. The van der Waals surface area contributed by atoms with E-state index in [1.54, 1.807) is 0 Å². The molecule has 1 aromatic rings. The van der Waals surface area contributed by atoms with E-state index in [4.69, 9.17) is 0 Å². The minimum atomic E-state index is -0.0938. The molecule has 3 rings (SSSR count). The first-order chi connectivity index (χ1) is 10.8. The van der Waals surface area contributed by atoms with Gasteiger partial charge in [-0.1, -0.05) is 32.9 Å². The minimum Gasteiger partial charge on any atom is -0.372 e. The van der Waals surface area contributed by atoms with Crippen LogP contribution >= 0.6 is 0 Å². The fourth-order valence-electron chi connectivity index (χ4n) is 5.19. The average molecular weight is 313 g/mol. The molecule has 2 aliphatic carbocycles. The van der Waals surface area contributed by atoms with Crippen LogP contribution in [0.2, 0.25) is 0 Å². The zero-order valence-corrected chi connectivity index (χ0v) is 15.4. The van der Waals surface area contributed by atoms with Gasteiger partial charge in [-0.15, -0.1) is 0 Å². The fourth-order valence-corrected chi connectivity index (χ4v) is 5.19. The van der Waals surface area contributed by atoms with Crippen molar-refractivity contribution < 1.29 is 4.79 Å². The molecule has 0 aliphatic heterocycles. The second-order valence-electron chi connectivity index (χ2n) is 8.21. The third kappa shape index (κ3) is 2.33. The van der Waals surface area contributed by atoms with Gasteiger partial charge in [-0.25, -0.2) is 0 Å². The number of fused-ring (bicyclic) bond motifs is 2. The summed E-state index contributed by atoms with van der Waals surface area (Å²) in [5.41, 5.74) is 2.66. The standard InChI is InChI=1S/C21H31NO/c1-6-22(7-2)16-10-8-15(9-11-16)14-17-18-12-13-21(5,19(17)23)20(18,3)4/h8-11,17-18H,6-7,12-14H2,1-5H3. The Labute approximate surface area is 141 Å². The lowest BCUT2D eigenvalue weighted by Crippen LogP contribution is -2.33. The summed E-state index contributed by atoms with van der Waals surface area (Å²) < 4.78 is 0. The van der Waals surface area contributed by atoms with Crippen LogP contribution in [-0.2, 0) is 11.2 Å². The molecular formula is C21H31NO. The second-order valence-corrected chi connectivity index (χ2v) is 8.21. The SMILES string of the molecule is CCN(CC)c1ccc(CC2C(=O)C3(C)CCC2C3(C)C)cc1. The van der Waals surface area contributed by atoms with Crippen LogP contribution < -0.4 is 4.90 Å². The van der Waals surface area contributed by atoms with Crippen LogP contribution in [0.1, 0.15) is 53.0 Å². The van der Waals surface area contributed by atoms with Crippen molar-refractivity contribution in [3.05, 3.63) is 29.8 Å². The maximum atomic E-state index is 13.0. The number of benzene rings is 1. The van der Waals surface area contributed by atoms with Crippen molar-refractivity contribution in [2.75, 3.05) is 18.0 Å². The van der Waals surface area contributed by atoms with E-state index in [2.05, 4.69) is 63.8 Å². The van der Waals surface area contributed by atoms with E-state index in [9.17, 15) is 4.79 Å². The maximum Gasteiger partial charge on any atom is 0.142 e. The van der Waals surface area contributed by atoms with Gasteiger partial charge >= 0.3 is 0 Å². The Kier molecular flexibility index (Phi) is 4.06. The van der Waals surface area contributed by atoms with Crippen molar-refractivity contribution in [1.82, 2.24) is 0 Å². The van der Waals surface area contributed by atoms with Crippen LogP contribution in [0.15, 0.2) is 24.3 Å². The van der Waals surface area contributed by atoms with Gasteiger partial charge in [-0.2, -0.15) is 0 Å². The lowest BCUT2D eigenvalue weighted by Gasteiger charge is -2.32. The van der Waals surface area contributed by atoms with E-state index in [-0.39, 0.29) is 16.7 Å². The number of nitrogens with zero attached hydrogens (tertiary/aromatic N) is 1. The predicted octanol–water partition coefficient (Wildman–Crippen LogP) is 4.72. The number of Topliss-reactive ketones (excluding diaryl/α,β-unsaturated/α-hetero) is 1. The molecule has 3 unspecified atom stereocenters. The first kappa shape index (κ1) is 16.5. The van der Waals surface area contributed by atoms with Gasteiger partial charge in [-0.05, 0) is 62.1 Å². The van der Waals surface area contributed by atoms with E-state index in [0.29, 0.717) is 11.7 Å². The van der Waals surface area contributed by atoms with Crippen molar-refractivity contribution in [3.63, 3.8) is 0 Å². The quantitative estimate of drug-likeness (QED) is 0.784. The first-order valence-electron chi connectivity index (χ1n) is 9.23. The van der Waals surface area contributed by atoms with Gasteiger partial charge in [-0.3, -0.25) is 4.79 Å². The molecular weight excluding hydrogens is 282 g/mol. The number of carbonyl (C=O) groups is 1. The van der Waals surface area contributed by atoms with Gasteiger partial charge in [0.25, 0.3) is 0 Å². The van der Waals surface area contributed by atoms with Crippen molar-refractivity contribution in [1.29, 1.82) is 0 Å². The number of hydrogen-bond donors (Lipinski definition) is 0. The zero-order valence-electron chi connectivity index (χ0n) is 15.4. The molecule has 2 nitrogen and oxygen atoms in total. The number of ketones is 1. The molecule has 23 heavy (non-hydrogen) atoms. The van der Waals surface area contributed by atoms with Crippen molar-refractivity contribution >= 4 is 11.5 Å². The molecule has 0 heterocycles. The van der Waals surface area contributed by atoms with Crippen LogP contribution in [0.4, 0.5) is 5.69 Å². The smallest absolute Gasteiger partial charge is 0.142 e. The van der Waals surface area contributed by atoms with Crippen LogP contribution in [0.5, 0.6) is 0 Å². The molecule has 2 saturated carbocycles. The highest BCUT2D eigenvalue weighted by Crippen LogP contribution is 2.66. The zero-order chi connectivity index (χ0) is 16.8. The van der Waals surface area contributed by atoms with E-state index in [1.165, 1.54) is 17.7 Å². The van der Waals surface area contributed by atoms with Crippen molar-refractivity contribution in [2.24, 2.45) is 22.7 Å². The molecule has 1 aromatic carbocycles. The van der Waals surface area contributed by atoms with Gasteiger partial charge in [0.05, 0.1) is 0 Å². The molecule has 2 heteroatoms. The van der Waals surface area contributed by atoms with Gasteiger partial charge in [0.15, 0.2) is 0 Å². The lowest BCUT2D eigenvalue weighted by atomic mass is 9.70. The number of carbonyl (C=O) groups excluding carboxylic acids is 1. The molecule has 126 valence electrons. The topological polar surface area (TPSA) is 20.3 Å². The summed E-state index contributed by atoms with van der Waals surface area (Å²) in [6.45, 7) is 13.3. The van der Waals surface area contributed by atoms with Gasteiger partial charge < -0.3 is 4.90 Å². The molecule has 0 saturated heterocycles. The Morgan fingerprint density at radius 2 is 1.70 bits per heavy atom. The first-order valence-corrected chi connectivity index (χ1v) is 9.23. The Balaban J connectivity index is 1.77. The van der Waals surface area contributed by atoms with Crippen LogP contribution in [0, 0.1) is 22.7 Å². The molecule has 0 radical (unpaired) electrons. The lowest BCUT2D eigenvalue weighted by molar-refractivity contribution is -0.131. The minimum absolute atomic E-state index is 0.0938. The maximum absolute atomic E-state index is 13.0. The number of rotatable bonds is 5. The third-order valence-electron chi connectivity index (χ3n) is 7.19. The summed E-state index contributed by atoms with van der Waals surface area (Å²) in [7, 11) is 0. The van der Waals surface area contributed by atoms with E-state index in [1.807, 2.05) is 0 Å². The molecule has 0 amide bonds. The van der Waals surface area contributed by atoms with E-state index >= 15 is 0 Å². The third-order valence-corrected chi connectivity index (χ3v) is 7.19. The highest BCUT2D eigenvalue weighted by atomic mass is 16.1. The van der Waals surface area contributed by atoms with Gasteiger partial charge in [0.1, 0.15) is 5.78 Å². The molecule has 2 bridgehead atoms. The monoisotopic (exact) mass is 313 g/mol. The Morgan fingerprint density at radius 1 is 1.09 bits per heavy atom. The summed E-state index contributed by atoms with van der Waals surface area (Å²) >= 11 is 0.